The lowest BCUT2D eigenvalue weighted by Crippen LogP contribution is -2.19. The van der Waals surface area contributed by atoms with Gasteiger partial charge in [-0.2, -0.15) is 0 Å². The summed E-state index contributed by atoms with van der Waals surface area (Å²) in [4.78, 5) is 17.7. The Balaban J connectivity index is 1.99. The van der Waals surface area contributed by atoms with E-state index in [1.807, 2.05) is 54.6 Å². The normalized spacial score (nSPS) is 11.1. The van der Waals surface area contributed by atoms with Gasteiger partial charge >= 0.3 is 5.97 Å². The molecule has 0 unspecified atom stereocenters. The van der Waals surface area contributed by atoms with Gasteiger partial charge in [-0.3, -0.25) is 0 Å². The summed E-state index contributed by atoms with van der Waals surface area (Å²) in [6.07, 6.45) is 3.73. The molecule has 0 amide bonds. The van der Waals surface area contributed by atoms with Crippen molar-refractivity contribution in [2.45, 2.75) is 13.3 Å². The SMILES string of the molecule is CCCN(c1cccc(/C=C/C(=O)O)c1)c1ccc2ccccc2n1. The second kappa shape index (κ2) is 7.62. The number of fused-ring (bicyclic) bond motifs is 1. The van der Waals surface area contributed by atoms with Gasteiger partial charge in [-0.1, -0.05) is 37.3 Å². The average molecular weight is 332 g/mol. The molecule has 0 saturated heterocycles. The van der Waals surface area contributed by atoms with Gasteiger partial charge in [0, 0.05) is 23.7 Å². The average Bonchev–Trinajstić information content (AvgIpc) is 2.64. The number of carbonyl (C=O) groups is 1. The lowest BCUT2D eigenvalue weighted by atomic mass is 10.1. The van der Waals surface area contributed by atoms with Crippen molar-refractivity contribution >= 4 is 34.5 Å². The number of carboxylic acid groups (broad SMARTS) is 1. The summed E-state index contributed by atoms with van der Waals surface area (Å²) in [6.45, 7) is 2.96. The zero-order valence-corrected chi connectivity index (χ0v) is 14.1. The summed E-state index contributed by atoms with van der Waals surface area (Å²) in [5.41, 5.74) is 2.81. The number of carboxylic acids is 1. The zero-order chi connectivity index (χ0) is 17.6. The predicted molar refractivity (Wildman–Crippen MR) is 102 cm³/mol. The van der Waals surface area contributed by atoms with E-state index in [2.05, 4.69) is 17.9 Å². The maximum atomic E-state index is 10.7. The molecule has 1 aromatic heterocycles. The fraction of sp³-hybridized carbons (Fsp3) is 0.143. The van der Waals surface area contributed by atoms with E-state index in [0.29, 0.717) is 0 Å². The van der Waals surface area contributed by atoms with Gasteiger partial charge < -0.3 is 10.0 Å². The molecule has 1 heterocycles. The van der Waals surface area contributed by atoms with Crippen molar-refractivity contribution in [3.8, 4) is 0 Å². The largest absolute Gasteiger partial charge is 0.478 e. The Labute approximate surface area is 147 Å². The Kier molecular flexibility index (Phi) is 5.09. The van der Waals surface area contributed by atoms with Crippen molar-refractivity contribution in [1.29, 1.82) is 0 Å². The first kappa shape index (κ1) is 16.7. The summed E-state index contributed by atoms with van der Waals surface area (Å²) in [5, 5.41) is 9.92. The smallest absolute Gasteiger partial charge is 0.328 e. The first-order chi connectivity index (χ1) is 12.2. The molecular weight excluding hydrogens is 312 g/mol. The van der Waals surface area contributed by atoms with Gasteiger partial charge in [0.2, 0.25) is 0 Å². The second-order valence-electron chi connectivity index (χ2n) is 5.78. The molecule has 0 saturated carbocycles. The number of aromatic nitrogens is 1. The number of para-hydroxylation sites is 1. The number of hydrogen-bond donors (Lipinski definition) is 1. The van der Waals surface area contributed by atoms with Crippen molar-refractivity contribution in [1.82, 2.24) is 4.98 Å². The van der Waals surface area contributed by atoms with Gasteiger partial charge in [0.15, 0.2) is 0 Å². The summed E-state index contributed by atoms with van der Waals surface area (Å²) < 4.78 is 0. The number of anilines is 2. The molecule has 3 rings (SSSR count). The highest BCUT2D eigenvalue weighted by molar-refractivity contribution is 5.85. The summed E-state index contributed by atoms with van der Waals surface area (Å²) >= 11 is 0. The van der Waals surface area contributed by atoms with Crippen LogP contribution in [0.2, 0.25) is 0 Å². The second-order valence-corrected chi connectivity index (χ2v) is 5.78. The van der Waals surface area contributed by atoms with Crippen LogP contribution in [0.1, 0.15) is 18.9 Å². The molecule has 0 spiro atoms. The number of hydrogen-bond acceptors (Lipinski definition) is 3. The minimum absolute atomic E-state index is 0.831. The molecule has 0 aliphatic rings. The van der Waals surface area contributed by atoms with E-state index in [-0.39, 0.29) is 0 Å². The Morgan fingerprint density at radius 1 is 1.12 bits per heavy atom. The third-order valence-corrected chi connectivity index (χ3v) is 3.91. The molecule has 126 valence electrons. The van der Waals surface area contributed by atoms with Crippen LogP contribution in [0.5, 0.6) is 0 Å². The Morgan fingerprint density at radius 3 is 2.76 bits per heavy atom. The van der Waals surface area contributed by atoms with E-state index in [1.54, 1.807) is 6.08 Å². The first-order valence-corrected chi connectivity index (χ1v) is 8.32. The third kappa shape index (κ3) is 4.04. The third-order valence-electron chi connectivity index (χ3n) is 3.91. The molecule has 3 aromatic rings. The van der Waals surface area contributed by atoms with E-state index >= 15 is 0 Å². The van der Waals surface area contributed by atoms with E-state index in [1.165, 1.54) is 0 Å². The molecule has 0 fully saturated rings. The number of rotatable bonds is 6. The van der Waals surface area contributed by atoms with E-state index in [4.69, 9.17) is 10.1 Å². The van der Waals surface area contributed by atoms with Gasteiger partial charge in [0.05, 0.1) is 5.52 Å². The van der Waals surface area contributed by atoms with Gasteiger partial charge in [-0.25, -0.2) is 9.78 Å². The van der Waals surface area contributed by atoms with Gasteiger partial charge in [-0.05, 0) is 48.4 Å². The first-order valence-electron chi connectivity index (χ1n) is 8.32. The highest BCUT2D eigenvalue weighted by Gasteiger charge is 2.11. The fourth-order valence-electron chi connectivity index (χ4n) is 2.77. The van der Waals surface area contributed by atoms with Crippen molar-refractivity contribution in [2.75, 3.05) is 11.4 Å². The van der Waals surface area contributed by atoms with Gasteiger partial charge in [-0.15, -0.1) is 0 Å². The lowest BCUT2D eigenvalue weighted by molar-refractivity contribution is -0.131. The highest BCUT2D eigenvalue weighted by Crippen LogP contribution is 2.27. The van der Waals surface area contributed by atoms with Crippen LogP contribution in [0.4, 0.5) is 11.5 Å². The number of pyridine rings is 1. The maximum absolute atomic E-state index is 10.7. The van der Waals surface area contributed by atoms with Crippen LogP contribution in [0.3, 0.4) is 0 Å². The number of benzene rings is 2. The van der Waals surface area contributed by atoms with Crippen LogP contribution < -0.4 is 4.90 Å². The monoisotopic (exact) mass is 332 g/mol. The Morgan fingerprint density at radius 2 is 1.96 bits per heavy atom. The fourth-order valence-corrected chi connectivity index (χ4v) is 2.77. The molecule has 2 aromatic carbocycles. The van der Waals surface area contributed by atoms with Crippen LogP contribution in [0, 0.1) is 0 Å². The number of aliphatic carboxylic acids is 1. The molecule has 0 bridgehead atoms. The maximum Gasteiger partial charge on any atom is 0.328 e. The van der Waals surface area contributed by atoms with E-state index in [9.17, 15) is 4.79 Å². The van der Waals surface area contributed by atoms with Crippen LogP contribution in [-0.4, -0.2) is 22.6 Å². The predicted octanol–water partition coefficient (Wildman–Crippen LogP) is 4.88. The molecule has 0 atom stereocenters. The zero-order valence-electron chi connectivity index (χ0n) is 14.1. The number of nitrogens with zero attached hydrogens (tertiary/aromatic N) is 2. The Hall–Kier alpha value is -3.14. The standard InChI is InChI=1S/C21H20N2O2/c1-2-14-23(18-8-5-6-16(15-18)10-13-21(24)25)20-12-11-17-7-3-4-9-19(17)22-20/h3-13,15H,2,14H2,1H3,(H,24,25)/b13-10+. The molecule has 4 nitrogen and oxygen atoms in total. The lowest BCUT2D eigenvalue weighted by Gasteiger charge is -2.24. The van der Waals surface area contributed by atoms with Crippen LogP contribution in [0.15, 0.2) is 66.7 Å². The van der Waals surface area contributed by atoms with Gasteiger partial charge in [0.1, 0.15) is 5.82 Å². The van der Waals surface area contributed by atoms with Gasteiger partial charge in [0.25, 0.3) is 0 Å². The van der Waals surface area contributed by atoms with Crippen molar-refractivity contribution in [2.24, 2.45) is 0 Å². The molecule has 25 heavy (non-hydrogen) atoms. The molecular formula is C21H20N2O2. The summed E-state index contributed by atoms with van der Waals surface area (Å²) in [6, 6.07) is 20.0. The quantitative estimate of drug-likeness (QED) is 0.654. The summed E-state index contributed by atoms with van der Waals surface area (Å²) in [7, 11) is 0. The minimum atomic E-state index is -0.952. The molecule has 0 radical (unpaired) electrons. The molecule has 4 heteroatoms. The van der Waals surface area contributed by atoms with Crippen LogP contribution >= 0.6 is 0 Å². The van der Waals surface area contributed by atoms with Crippen molar-refractivity contribution in [3.05, 3.63) is 72.3 Å². The van der Waals surface area contributed by atoms with Crippen LogP contribution in [0.25, 0.3) is 17.0 Å². The molecule has 0 aliphatic carbocycles. The Bertz CT molecular complexity index is 918. The highest BCUT2D eigenvalue weighted by atomic mass is 16.4. The molecule has 0 aliphatic heterocycles. The van der Waals surface area contributed by atoms with E-state index < -0.39 is 5.97 Å². The van der Waals surface area contributed by atoms with Crippen LogP contribution in [-0.2, 0) is 4.79 Å². The minimum Gasteiger partial charge on any atom is -0.478 e. The molecule has 1 N–H and O–H groups in total. The topological polar surface area (TPSA) is 53.4 Å². The van der Waals surface area contributed by atoms with Crippen molar-refractivity contribution < 1.29 is 9.90 Å². The van der Waals surface area contributed by atoms with E-state index in [0.717, 1.165) is 47.0 Å². The summed E-state index contributed by atoms with van der Waals surface area (Å²) in [5.74, 6) is -0.0630. The van der Waals surface area contributed by atoms with Crippen molar-refractivity contribution in [3.63, 3.8) is 0 Å².